The number of benzene rings is 3. The molecule has 0 aliphatic rings. The van der Waals surface area contributed by atoms with Crippen LogP contribution in [0.3, 0.4) is 0 Å². The number of aromatic nitrogens is 1. The molecule has 3 aromatic carbocycles. The number of ether oxygens (including phenoxy) is 1. The molecule has 154 valence electrons. The first-order valence-corrected chi connectivity index (χ1v) is 12.0. The van der Waals surface area contributed by atoms with Crippen LogP contribution in [0.25, 0.3) is 22.0 Å². The summed E-state index contributed by atoms with van der Waals surface area (Å²) in [6, 6.07) is 23.1. The Morgan fingerprint density at radius 3 is 2.43 bits per heavy atom. The molecule has 0 bridgehead atoms. The van der Waals surface area contributed by atoms with Crippen molar-refractivity contribution in [1.29, 1.82) is 0 Å². The van der Waals surface area contributed by atoms with E-state index < -0.39 is 10.0 Å². The minimum absolute atomic E-state index is 0.474. The molecule has 0 fully saturated rings. The van der Waals surface area contributed by atoms with E-state index in [1.165, 1.54) is 10.2 Å². The summed E-state index contributed by atoms with van der Waals surface area (Å²) in [5.74, 6) is 1.20. The number of nitrogens with one attached hydrogen (secondary N) is 1. The number of halogens is 1. The molecule has 0 amide bonds. The van der Waals surface area contributed by atoms with Crippen molar-refractivity contribution in [3.05, 3.63) is 82.8 Å². The second-order valence-electron chi connectivity index (χ2n) is 6.98. The third-order valence-corrected chi connectivity index (χ3v) is 6.41. The number of methoxy groups -OCH3 is 1. The van der Waals surface area contributed by atoms with Crippen molar-refractivity contribution in [1.82, 2.24) is 3.97 Å². The highest BCUT2D eigenvalue weighted by Gasteiger charge is 2.24. The van der Waals surface area contributed by atoms with Crippen molar-refractivity contribution < 1.29 is 13.2 Å². The lowest BCUT2D eigenvalue weighted by molar-refractivity contribution is 0.415. The molecule has 0 aliphatic heterocycles. The molecule has 0 saturated heterocycles. The van der Waals surface area contributed by atoms with Crippen molar-refractivity contribution >= 4 is 42.7 Å². The second kappa shape index (κ2) is 8.16. The Kier molecular flexibility index (Phi) is 5.58. The smallest absolute Gasteiger partial charge is 0.237 e. The van der Waals surface area contributed by atoms with Crippen LogP contribution in [-0.4, -0.2) is 25.8 Å². The molecule has 0 spiro atoms. The van der Waals surface area contributed by atoms with E-state index in [1.807, 2.05) is 60.7 Å². The Balaban J connectivity index is 1.98. The van der Waals surface area contributed by atoms with E-state index in [-0.39, 0.29) is 0 Å². The summed E-state index contributed by atoms with van der Waals surface area (Å²) in [6.45, 7) is 0.474. The molecule has 4 aromatic rings. The fourth-order valence-electron chi connectivity index (χ4n) is 3.60. The Labute approximate surface area is 184 Å². The average Bonchev–Trinajstić information content (AvgIpc) is 3.06. The molecular weight excluding hydrogens is 464 g/mol. The molecule has 0 radical (unpaired) electrons. The molecule has 1 heterocycles. The molecule has 30 heavy (non-hydrogen) atoms. The first kappa shape index (κ1) is 20.5. The number of anilines is 1. The highest BCUT2D eigenvalue weighted by atomic mass is 79.9. The summed E-state index contributed by atoms with van der Waals surface area (Å²) in [5.41, 5.74) is 3.39. The van der Waals surface area contributed by atoms with Gasteiger partial charge in [0.2, 0.25) is 10.0 Å². The van der Waals surface area contributed by atoms with Gasteiger partial charge in [0.15, 0.2) is 0 Å². The topological polar surface area (TPSA) is 60.3 Å². The lowest BCUT2D eigenvalue weighted by Crippen LogP contribution is -2.14. The van der Waals surface area contributed by atoms with Gasteiger partial charge in [-0.1, -0.05) is 58.4 Å². The predicted octanol–water partition coefficient (Wildman–Crippen LogP) is 5.50. The summed E-state index contributed by atoms with van der Waals surface area (Å²) in [7, 11) is -1.97. The first-order valence-electron chi connectivity index (χ1n) is 9.35. The van der Waals surface area contributed by atoms with E-state index in [1.54, 1.807) is 19.2 Å². The zero-order valence-electron chi connectivity index (χ0n) is 16.6. The Morgan fingerprint density at radius 1 is 1.00 bits per heavy atom. The summed E-state index contributed by atoms with van der Waals surface area (Å²) in [4.78, 5) is 0. The minimum Gasteiger partial charge on any atom is -0.497 e. The molecule has 0 aliphatic carbocycles. The van der Waals surface area contributed by atoms with Crippen molar-refractivity contribution in [2.75, 3.05) is 18.7 Å². The summed E-state index contributed by atoms with van der Waals surface area (Å²) in [6.07, 6.45) is 1.22. The number of hydrogen-bond donors (Lipinski definition) is 1. The molecule has 5 nitrogen and oxygen atoms in total. The fourth-order valence-corrected chi connectivity index (χ4v) is 5.05. The van der Waals surface area contributed by atoms with Crippen LogP contribution in [0.15, 0.2) is 77.3 Å². The number of nitrogens with zero attached hydrogens (tertiary/aromatic N) is 1. The zero-order chi connectivity index (χ0) is 21.3. The lowest BCUT2D eigenvalue weighted by atomic mass is 10.0. The van der Waals surface area contributed by atoms with E-state index in [0.29, 0.717) is 23.6 Å². The van der Waals surface area contributed by atoms with Crippen LogP contribution in [0.5, 0.6) is 5.75 Å². The van der Waals surface area contributed by atoms with Crippen LogP contribution in [-0.2, 0) is 16.6 Å². The molecule has 0 saturated carbocycles. The van der Waals surface area contributed by atoms with Crippen LogP contribution in [0.1, 0.15) is 5.56 Å². The van der Waals surface area contributed by atoms with E-state index in [4.69, 9.17) is 4.74 Å². The molecule has 4 rings (SSSR count). The van der Waals surface area contributed by atoms with Gasteiger partial charge >= 0.3 is 0 Å². The maximum atomic E-state index is 12.8. The van der Waals surface area contributed by atoms with Gasteiger partial charge in [-0.05, 0) is 41.5 Å². The van der Waals surface area contributed by atoms with Gasteiger partial charge in [0.25, 0.3) is 0 Å². The van der Waals surface area contributed by atoms with Crippen LogP contribution < -0.4 is 10.1 Å². The first-order chi connectivity index (χ1) is 14.4. The van der Waals surface area contributed by atoms with Crippen molar-refractivity contribution in [3.8, 4) is 16.9 Å². The van der Waals surface area contributed by atoms with E-state index in [0.717, 1.165) is 26.5 Å². The number of rotatable bonds is 6. The van der Waals surface area contributed by atoms with Crippen LogP contribution >= 0.6 is 15.9 Å². The molecule has 0 atom stereocenters. The zero-order valence-corrected chi connectivity index (χ0v) is 19.0. The van der Waals surface area contributed by atoms with E-state index >= 15 is 0 Å². The summed E-state index contributed by atoms with van der Waals surface area (Å²) < 4.78 is 33.4. The maximum absolute atomic E-state index is 12.8. The minimum atomic E-state index is -3.58. The van der Waals surface area contributed by atoms with E-state index in [9.17, 15) is 8.42 Å². The highest BCUT2D eigenvalue weighted by molar-refractivity contribution is 9.10. The molecule has 1 aromatic heterocycles. The van der Waals surface area contributed by atoms with Gasteiger partial charge in [-0.3, -0.25) is 0 Å². The van der Waals surface area contributed by atoms with Gasteiger partial charge in [0.05, 0.1) is 18.9 Å². The summed E-state index contributed by atoms with van der Waals surface area (Å²) >= 11 is 3.49. The average molecular weight is 485 g/mol. The normalized spacial score (nSPS) is 11.6. The van der Waals surface area contributed by atoms with Crippen molar-refractivity contribution in [2.24, 2.45) is 0 Å². The monoisotopic (exact) mass is 484 g/mol. The van der Waals surface area contributed by atoms with Gasteiger partial charge < -0.3 is 10.1 Å². The quantitative estimate of drug-likeness (QED) is 0.392. The van der Waals surface area contributed by atoms with Gasteiger partial charge in [-0.15, -0.1) is 0 Å². The molecule has 0 unspecified atom stereocenters. The van der Waals surface area contributed by atoms with Gasteiger partial charge in [-0.25, -0.2) is 12.4 Å². The largest absolute Gasteiger partial charge is 0.497 e. The van der Waals surface area contributed by atoms with Crippen molar-refractivity contribution in [2.45, 2.75) is 6.54 Å². The third-order valence-electron chi connectivity index (χ3n) is 4.87. The predicted molar refractivity (Wildman–Crippen MR) is 126 cm³/mol. The SMILES string of the molecule is COc1ccc2c(c1)c(-c1ccccc1)c(NCc1cccc(Br)c1)n2S(C)(=O)=O. The standard InChI is InChI=1S/C23H21BrN2O3S/c1-29-19-11-12-21-20(14-19)22(17-8-4-3-5-9-17)23(26(21)30(2,27)28)25-15-16-7-6-10-18(24)13-16/h3-14,25H,15H2,1-2H3. The summed E-state index contributed by atoms with van der Waals surface area (Å²) in [5, 5.41) is 4.19. The maximum Gasteiger partial charge on any atom is 0.237 e. The fraction of sp³-hybridized carbons (Fsp3) is 0.130. The van der Waals surface area contributed by atoms with E-state index in [2.05, 4.69) is 21.2 Å². The third kappa shape index (κ3) is 3.95. The van der Waals surface area contributed by atoms with Crippen LogP contribution in [0, 0.1) is 0 Å². The Bertz CT molecular complexity index is 1320. The van der Waals surface area contributed by atoms with Crippen LogP contribution in [0.2, 0.25) is 0 Å². The molecule has 1 N–H and O–H groups in total. The van der Waals surface area contributed by atoms with Crippen molar-refractivity contribution in [3.63, 3.8) is 0 Å². The van der Waals surface area contributed by atoms with Crippen LogP contribution in [0.4, 0.5) is 5.82 Å². The molecule has 7 heteroatoms. The highest BCUT2D eigenvalue weighted by Crippen LogP contribution is 2.41. The van der Waals surface area contributed by atoms with Gasteiger partial charge in [0, 0.05) is 22.0 Å². The second-order valence-corrected chi connectivity index (χ2v) is 9.73. The Morgan fingerprint density at radius 2 is 1.77 bits per heavy atom. The Hall–Kier alpha value is -2.77. The number of hydrogen-bond acceptors (Lipinski definition) is 4. The van der Waals surface area contributed by atoms with Gasteiger partial charge in [-0.2, -0.15) is 0 Å². The number of fused-ring (bicyclic) bond motifs is 1. The molecular formula is C23H21BrN2O3S. The van der Waals surface area contributed by atoms with Gasteiger partial charge in [0.1, 0.15) is 11.6 Å². The lowest BCUT2D eigenvalue weighted by Gasteiger charge is -2.13.